The van der Waals surface area contributed by atoms with Gasteiger partial charge >= 0.3 is 6.03 Å². The maximum atomic E-state index is 13.8. The number of carbonyl (C=O) groups is 2. The molecule has 0 saturated carbocycles. The highest BCUT2D eigenvalue weighted by Crippen LogP contribution is 2.38. The number of ether oxygens (including phenoxy) is 2. The monoisotopic (exact) mass is 434 g/mol. The summed E-state index contributed by atoms with van der Waals surface area (Å²) in [4.78, 5) is 22.9. The van der Waals surface area contributed by atoms with Gasteiger partial charge in [0.1, 0.15) is 18.1 Å². The van der Waals surface area contributed by atoms with Crippen molar-refractivity contribution in [3.8, 4) is 11.5 Å². The van der Waals surface area contributed by atoms with Gasteiger partial charge in [-0.3, -0.25) is 10.1 Å². The van der Waals surface area contributed by atoms with Crippen LogP contribution in [0.5, 0.6) is 11.5 Å². The van der Waals surface area contributed by atoms with Crippen molar-refractivity contribution in [3.63, 3.8) is 0 Å². The smallest absolute Gasteiger partial charge is 0.326 e. The molecule has 1 aliphatic rings. The Balaban J connectivity index is 1.88. The van der Waals surface area contributed by atoms with E-state index in [4.69, 9.17) is 9.47 Å². The summed E-state index contributed by atoms with van der Waals surface area (Å²) in [5.41, 5.74) is 1.17. The molecule has 0 spiro atoms. The number of benzene rings is 2. The van der Waals surface area contributed by atoms with E-state index in [1.54, 1.807) is 30.3 Å². The molecule has 6 nitrogen and oxygen atoms in total. The van der Waals surface area contributed by atoms with Crippen molar-refractivity contribution < 1.29 is 23.5 Å². The first-order valence-corrected chi connectivity index (χ1v) is 8.93. The van der Waals surface area contributed by atoms with Gasteiger partial charge in [-0.1, -0.05) is 18.2 Å². The third-order valence-corrected chi connectivity index (χ3v) is 4.28. The number of urea groups is 1. The third-order valence-electron chi connectivity index (χ3n) is 3.69. The van der Waals surface area contributed by atoms with Crippen LogP contribution in [0.25, 0.3) is 6.08 Å². The first kappa shape index (κ1) is 18.9. The molecule has 2 aromatic rings. The van der Waals surface area contributed by atoms with E-state index >= 15 is 0 Å². The summed E-state index contributed by atoms with van der Waals surface area (Å²) < 4.78 is 25.8. The fraction of sp³-hybridized carbons (Fsp3) is 0.158. The minimum Gasteiger partial charge on any atom is -0.490 e. The van der Waals surface area contributed by atoms with E-state index in [9.17, 15) is 14.0 Å². The molecule has 1 aliphatic heterocycles. The maximum Gasteiger partial charge on any atom is 0.326 e. The van der Waals surface area contributed by atoms with Gasteiger partial charge in [0.2, 0.25) is 0 Å². The fourth-order valence-electron chi connectivity index (χ4n) is 2.49. The van der Waals surface area contributed by atoms with Crippen LogP contribution in [-0.4, -0.2) is 18.5 Å². The predicted molar refractivity (Wildman–Crippen MR) is 101 cm³/mol. The Kier molecular flexibility index (Phi) is 5.75. The highest BCUT2D eigenvalue weighted by molar-refractivity contribution is 9.10. The number of hydrogen-bond donors (Lipinski definition) is 2. The second kappa shape index (κ2) is 8.22. The average Bonchev–Trinajstić information content (AvgIpc) is 2.93. The van der Waals surface area contributed by atoms with E-state index < -0.39 is 11.9 Å². The summed E-state index contributed by atoms with van der Waals surface area (Å²) >= 11 is 3.42. The SMILES string of the molecule is CCOc1cc(/C=C2/NC(=O)NC2=O)cc(Br)c1OCc1ccccc1F. The van der Waals surface area contributed by atoms with E-state index in [0.29, 0.717) is 33.7 Å². The van der Waals surface area contributed by atoms with Crippen molar-refractivity contribution in [2.24, 2.45) is 0 Å². The van der Waals surface area contributed by atoms with Gasteiger partial charge < -0.3 is 14.8 Å². The molecule has 0 bridgehead atoms. The summed E-state index contributed by atoms with van der Waals surface area (Å²) in [6.45, 7) is 2.24. The first-order chi connectivity index (χ1) is 13.0. The van der Waals surface area contributed by atoms with Crippen LogP contribution in [0.1, 0.15) is 18.1 Å². The summed E-state index contributed by atoms with van der Waals surface area (Å²) in [5, 5.41) is 4.56. The minimum absolute atomic E-state index is 0.0320. The Morgan fingerprint density at radius 2 is 1.93 bits per heavy atom. The zero-order chi connectivity index (χ0) is 19.4. The molecule has 2 N–H and O–H groups in total. The lowest BCUT2D eigenvalue weighted by molar-refractivity contribution is -0.115. The van der Waals surface area contributed by atoms with Crippen molar-refractivity contribution >= 4 is 33.9 Å². The normalized spacial score (nSPS) is 14.9. The number of rotatable bonds is 6. The topological polar surface area (TPSA) is 76.7 Å². The molecular formula is C19H16BrFN2O4. The van der Waals surface area contributed by atoms with Gasteiger partial charge in [0, 0.05) is 5.56 Å². The molecule has 27 heavy (non-hydrogen) atoms. The van der Waals surface area contributed by atoms with E-state index in [1.807, 2.05) is 6.92 Å². The molecule has 140 valence electrons. The molecule has 1 fully saturated rings. The third kappa shape index (κ3) is 4.46. The molecule has 8 heteroatoms. The van der Waals surface area contributed by atoms with Crippen molar-refractivity contribution in [1.29, 1.82) is 0 Å². The van der Waals surface area contributed by atoms with Crippen LogP contribution in [0.2, 0.25) is 0 Å². The first-order valence-electron chi connectivity index (χ1n) is 8.14. The van der Waals surface area contributed by atoms with Crippen molar-refractivity contribution in [2.45, 2.75) is 13.5 Å². The molecule has 2 aromatic carbocycles. The largest absolute Gasteiger partial charge is 0.490 e. The van der Waals surface area contributed by atoms with Crippen LogP contribution < -0.4 is 20.1 Å². The van der Waals surface area contributed by atoms with Crippen LogP contribution in [0.3, 0.4) is 0 Å². The van der Waals surface area contributed by atoms with E-state index in [1.165, 1.54) is 12.1 Å². The van der Waals surface area contributed by atoms with Gasteiger partial charge in [-0.15, -0.1) is 0 Å². The second-order valence-electron chi connectivity index (χ2n) is 5.61. The minimum atomic E-state index is -0.569. The number of hydrogen-bond acceptors (Lipinski definition) is 4. The van der Waals surface area contributed by atoms with Crippen molar-refractivity contribution in [3.05, 3.63) is 63.5 Å². The number of carbonyl (C=O) groups excluding carboxylic acids is 2. The molecular weight excluding hydrogens is 419 g/mol. The van der Waals surface area contributed by atoms with Gasteiger partial charge in [-0.05, 0) is 52.7 Å². The lowest BCUT2D eigenvalue weighted by Gasteiger charge is -2.15. The molecule has 1 saturated heterocycles. The Bertz CT molecular complexity index is 930. The Hall–Kier alpha value is -2.87. The Morgan fingerprint density at radius 3 is 2.59 bits per heavy atom. The standard InChI is InChI=1S/C19H16BrFN2O4/c1-2-26-16-9-11(8-15-18(24)23-19(25)22-15)7-13(20)17(16)27-10-12-5-3-4-6-14(12)21/h3-9H,2,10H2,1H3,(H2,22,23,24,25)/b15-8+. The molecule has 0 atom stereocenters. The summed E-state index contributed by atoms with van der Waals surface area (Å²) in [7, 11) is 0. The van der Waals surface area contributed by atoms with Crippen LogP contribution in [0.15, 0.2) is 46.6 Å². The molecule has 0 aliphatic carbocycles. The molecule has 0 radical (unpaired) electrons. The van der Waals surface area contributed by atoms with Gasteiger partial charge in [-0.2, -0.15) is 0 Å². The predicted octanol–water partition coefficient (Wildman–Crippen LogP) is 3.75. The number of halogens is 2. The highest BCUT2D eigenvalue weighted by atomic mass is 79.9. The van der Waals surface area contributed by atoms with Crippen molar-refractivity contribution in [1.82, 2.24) is 10.6 Å². The Labute approximate surface area is 163 Å². The maximum absolute atomic E-state index is 13.8. The number of nitrogens with one attached hydrogen (secondary N) is 2. The zero-order valence-electron chi connectivity index (χ0n) is 14.3. The van der Waals surface area contributed by atoms with Gasteiger partial charge in [-0.25, -0.2) is 9.18 Å². The number of amides is 3. The Morgan fingerprint density at radius 1 is 1.15 bits per heavy atom. The lowest BCUT2D eigenvalue weighted by atomic mass is 10.1. The molecule has 0 unspecified atom stereocenters. The highest BCUT2D eigenvalue weighted by Gasteiger charge is 2.23. The van der Waals surface area contributed by atoms with Crippen molar-refractivity contribution in [2.75, 3.05) is 6.61 Å². The molecule has 3 amide bonds. The second-order valence-corrected chi connectivity index (χ2v) is 6.46. The quantitative estimate of drug-likeness (QED) is 0.536. The number of imide groups is 1. The van der Waals surface area contributed by atoms with Crippen LogP contribution in [0.4, 0.5) is 9.18 Å². The zero-order valence-corrected chi connectivity index (χ0v) is 15.9. The summed E-state index contributed by atoms with van der Waals surface area (Å²) in [6, 6.07) is 9.17. The summed E-state index contributed by atoms with van der Waals surface area (Å²) in [6.07, 6.45) is 1.52. The molecule has 3 rings (SSSR count). The van der Waals surface area contributed by atoms with E-state index in [-0.39, 0.29) is 18.1 Å². The van der Waals surface area contributed by atoms with E-state index in [2.05, 4.69) is 26.6 Å². The lowest BCUT2D eigenvalue weighted by Crippen LogP contribution is -2.22. The molecule has 0 aromatic heterocycles. The van der Waals surface area contributed by atoms with E-state index in [0.717, 1.165) is 0 Å². The fourth-order valence-corrected chi connectivity index (χ4v) is 3.06. The van der Waals surface area contributed by atoms with Crippen LogP contribution >= 0.6 is 15.9 Å². The van der Waals surface area contributed by atoms with Crippen LogP contribution in [0, 0.1) is 5.82 Å². The van der Waals surface area contributed by atoms with Gasteiger partial charge in [0.25, 0.3) is 5.91 Å². The van der Waals surface area contributed by atoms with Gasteiger partial charge in [0.05, 0.1) is 11.1 Å². The average molecular weight is 435 g/mol. The van der Waals surface area contributed by atoms with Crippen LogP contribution in [-0.2, 0) is 11.4 Å². The van der Waals surface area contributed by atoms with Gasteiger partial charge in [0.15, 0.2) is 11.5 Å². The molecule has 1 heterocycles. The summed E-state index contributed by atoms with van der Waals surface area (Å²) in [5.74, 6) is -0.00755.